The molecule has 134 valence electrons. The molecule has 1 fully saturated rings. The minimum atomic E-state index is -0.103. The maximum absolute atomic E-state index is 12.9. The second-order valence-electron chi connectivity index (χ2n) is 5.83. The summed E-state index contributed by atoms with van der Waals surface area (Å²) in [5.41, 5.74) is 6.62. The Morgan fingerprint density at radius 2 is 2.12 bits per heavy atom. The third-order valence-corrected chi connectivity index (χ3v) is 5.32. The Morgan fingerprint density at radius 1 is 1.32 bits per heavy atom. The van der Waals surface area contributed by atoms with Crippen LogP contribution in [0.1, 0.15) is 22.6 Å². The van der Waals surface area contributed by atoms with Crippen LogP contribution in [0.15, 0.2) is 12.1 Å². The molecular formula is C16H20ClN5O2S. The number of aryl methyl sites for hydroxylation is 1. The molecule has 3 rings (SSSR count). The molecule has 25 heavy (non-hydrogen) atoms. The first-order valence-electron chi connectivity index (χ1n) is 7.97. The summed E-state index contributed by atoms with van der Waals surface area (Å²) in [5.74, 6) is 1.11. The van der Waals surface area contributed by atoms with Crippen LogP contribution < -0.4 is 15.4 Å². The maximum Gasteiger partial charge on any atom is 0.257 e. The molecule has 9 heteroatoms. The second kappa shape index (κ2) is 7.45. The van der Waals surface area contributed by atoms with E-state index in [1.807, 2.05) is 11.8 Å². The van der Waals surface area contributed by atoms with E-state index in [1.54, 1.807) is 12.1 Å². The number of anilines is 2. The van der Waals surface area contributed by atoms with Gasteiger partial charge in [0.15, 0.2) is 0 Å². The molecule has 1 aliphatic heterocycles. The zero-order valence-corrected chi connectivity index (χ0v) is 15.7. The van der Waals surface area contributed by atoms with Crippen molar-refractivity contribution in [2.24, 2.45) is 0 Å². The highest BCUT2D eigenvalue weighted by Gasteiger charge is 2.24. The van der Waals surface area contributed by atoms with E-state index in [2.05, 4.69) is 14.3 Å². The summed E-state index contributed by atoms with van der Waals surface area (Å²) in [6, 6.07) is 3.17. The average molecular weight is 382 g/mol. The van der Waals surface area contributed by atoms with Gasteiger partial charge in [0.1, 0.15) is 11.6 Å². The number of carbonyl (C=O) groups is 1. The quantitative estimate of drug-likeness (QED) is 0.822. The SMILES string of the molecule is COc1cc(N)c(Cl)cc1C(=O)N1CCCN(c2nc(C)ns2)CC1. The average Bonchev–Trinajstić information content (AvgIpc) is 2.89. The predicted octanol–water partition coefficient (Wildman–Crippen LogP) is 2.44. The molecular weight excluding hydrogens is 362 g/mol. The number of ether oxygens (including phenoxy) is 1. The van der Waals surface area contributed by atoms with Gasteiger partial charge in [-0.3, -0.25) is 4.79 Å². The van der Waals surface area contributed by atoms with Gasteiger partial charge in [0.2, 0.25) is 5.13 Å². The van der Waals surface area contributed by atoms with Crippen LogP contribution in [-0.4, -0.2) is 53.5 Å². The van der Waals surface area contributed by atoms with Gasteiger partial charge >= 0.3 is 0 Å². The van der Waals surface area contributed by atoms with Gasteiger partial charge in [-0.2, -0.15) is 4.37 Å². The Labute approximate surface area is 155 Å². The van der Waals surface area contributed by atoms with Crippen LogP contribution in [0, 0.1) is 6.92 Å². The number of hydrogen-bond donors (Lipinski definition) is 1. The molecule has 1 aliphatic rings. The Hall–Kier alpha value is -2.06. The van der Waals surface area contributed by atoms with E-state index < -0.39 is 0 Å². The highest BCUT2D eigenvalue weighted by molar-refractivity contribution is 7.09. The van der Waals surface area contributed by atoms with Crippen LogP contribution in [-0.2, 0) is 0 Å². The summed E-state index contributed by atoms with van der Waals surface area (Å²) in [5, 5.41) is 1.25. The molecule has 1 saturated heterocycles. The number of benzene rings is 1. The number of aromatic nitrogens is 2. The third-order valence-electron chi connectivity index (χ3n) is 4.12. The topological polar surface area (TPSA) is 84.6 Å². The summed E-state index contributed by atoms with van der Waals surface area (Å²) in [7, 11) is 1.52. The van der Waals surface area contributed by atoms with Crippen molar-refractivity contribution < 1.29 is 9.53 Å². The van der Waals surface area contributed by atoms with Crippen molar-refractivity contribution >= 4 is 39.9 Å². The summed E-state index contributed by atoms with van der Waals surface area (Å²) in [6.07, 6.45) is 0.857. The second-order valence-corrected chi connectivity index (χ2v) is 6.97. The number of hydrogen-bond acceptors (Lipinski definition) is 7. The van der Waals surface area contributed by atoms with E-state index in [-0.39, 0.29) is 5.91 Å². The predicted molar refractivity (Wildman–Crippen MR) is 99.8 cm³/mol. The number of halogens is 1. The van der Waals surface area contributed by atoms with Crippen LogP contribution in [0.5, 0.6) is 5.75 Å². The standard InChI is InChI=1S/C16H20ClN5O2S/c1-10-19-16(25-20-10)22-5-3-4-21(6-7-22)15(23)11-8-12(17)13(18)9-14(11)24-2/h8-9H,3-7,18H2,1-2H3. The summed E-state index contributed by atoms with van der Waals surface area (Å²) in [6.45, 7) is 4.70. The van der Waals surface area contributed by atoms with Crippen molar-refractivity contribution in [3.8, 4) is 5.75 Å². The molecule has 1 aromatic heterocycles. The molecule has 0 bridgehead atoms. The molecule has 2 heterocycles. The van der Waals surface area contributed by atoms with E-state index >= 15 is 0 Å². The fourth-order valence-electron chi connectivity index (χ4n) is 2.80. The van der Waals surface area contributed by atoms with Gasteiger partial charge < -0.3 is 20.3 Å². The van der Waals surface area contributed by atoms with E-state index in [9.17, 15) is 4.79 Å². The van der Waals surface area contributed by atoms with Crippen molar-refractivity contribution in [3.05, 3.63) is 28.5 Å². The lowest BCUT2D eigenvalue weighted by molar-refractivity contribution is 0.0763. The van der Waals surface area contributed by atoms with Crippen molar-refractivity contribution in [2.75, 3.05) is 43.9 Å². The highest BCUT2D eigenvalue weighted by atomic mass is 35.5. The minimum absolute atomic E-state index is 0.103. The lowest BCUT2D eigenvalue weighted by Crippen LogP contribution is -2.35. The van der Waals surface area contributed by atoms with Crippen molar-refractivity contribution in [3.63, 3.8) is 0 Å². The number of amides is 1. The largest absolute Gasteiger partial charge is 0.496 e. The van der Waals surface area contributed by atoms with Crippen LogP contribution in [0.25, 0.3) is 0 Å². The third kappa shape index (κ3) is 3.80. The van der Waals surface area contributed by atoms with E-state index in [1.165, 1.54) is 18.6 Å². The molecule has 2 N–H and O–H groups in total. The maximum atomic E-state index is 12.9. The number of nitrogen functional groups attached to an aromatic ring is 1. The first-order chi connectivity index (χ1) is 12.0. The number of carbonyl (C=O) groups excluding carboxylic acids is 1. The first-order valence-corrected chi connectivity index (χ1v) is 9.12. The van der Waals surface area contributed by atoms with E-state index in [0.717, 1.165) is 23.9 Å². The molecule has 0 atom stereocenters. The van der Waals surface area contributed by atoms with Gasteiger partial charge in [0.05, 0.1) is 23.4 Å². The van der Waals surface area contributed by atoms with Crippen LogP contribution in [0.3, 0.4) is 0 Å². The van der Waals surface area contributed by atoms with Crippen LogP contribution in [0.4, 0.5) is 10.8 Å². The smallest absolute Gasteiger partial charge is 0.257 e. The van der Waals surface area contributed by atoms with Gasteiger partial charge in [-0.25, -0.2) is 4.98 Å². The van der Waals surface area contributed by atoms with E-state index in [4.69, 9.17) is 22.1 Å². The number of nitrogens with zero attached hydrogens (tertiary/aromatic N) is 4. The Balaban J connectivity index is 1.76. The summed E-state index contributed by atoms with van der Waals surface area (Å²) < 4.78 is 9.53. The van der Waals surface area contributed by atoms with Gasteiger partial charge in [0, 0.05) is 43.8 Å². The zero-order chi connectivity index (χ0) is 18.0. The number of methoxy groups -OCH3 is 1. The number of nitrogens with two attached hydrogens (primary N) is 1. The molecule has 0 spiro atoms. The van der Waals surface area contributed by atoms with Gasteiger partial charge in [0.25, 0.3) is 5.91 Å². The summed E-state index contributed by atoms with van der Waals surface area (Å²) in [4.78, 5) is 21.4. The Morgan fingerprint density at radius 3 is 2.80 bits per heavy atom. The molecule has 0 aliphatic carbocycles. The van der Waals surface area contributed by atoms with Crippen molar-refractivity contribution in [2.45, 2.75) is 13.3 Å². The van der Waals surface area contributed by atoms with Crippen LogP contribution in [0.2, 0.25) is 5.02 Å². The number of rotatable bonds is 3. The van der Waals surface area contributed by atoms with Gasteiger partial charge in [-0.15, -0.1) is 0 Å². The van der Waals surface area contributed by atoms with Gasteiger partial charge in [-0.05, 0) is 19.4 Å². The Kier molecular flexibility index (Phi) is 5.29. The molecule has 0 radical (unpaired) electrons. The minimum Gasteiger partial charge on any atom is -0.496 e. The molecule has 7 nitrogen and oxygen atoms in total. The van der Waals surface area contributed by atoms with Gasteiger partial charge in [-0.1, -0.05) is 11.6 Å². The van der Waals surface area contributed by atoms with E-state index in [0.29, 0.717) is 41.7 Å². The summed E-state index contributed by atoms with van der Waals surface area (Å²) >= 11 is 7.48. The monoisotopic (exact) mass is 381 g/mol. The molecule has 1 amide bonds. The molecule has 0 unspecified atom stereocenters. The fourth-order valence-corrected chi connectivity index (χ4v) is 3.69. The zero-order valence-electron chi connectivity index (χ0n) is 14.2. The lowest BCUT2D eigenvalue weighted by atomic mass is 10.1. The van der Waals surface area contributed by atoms with Crippen LogP contribution >= 0.6 is 23.1 Å². The fraction of sp³-hybridized carbons (Fsp3) is 0.438. The molecule has 2 aromatic rings. The first kappa shape index (κ1) is 17.8. The Bertz CT molecular complexity index is 782. The highest BCUT2D eigenvalue weighted by Crippen LogP contribution is 2.30. The molecule has 1 aromatic carbocycles. The molecule has 0 saturated carbocycles. The van der Waals surface area contributed by atoms with Crippen molar-refractivity contribution in [1.82, 2.24) is 14.3 Å². The lowest BCUT2D eigenvalue weighted by Gasteiger charge is -2.22. The normalized spacial score (nSPS) is 15.2. The van der Waals surface area contributed by atoms with Crippen molar-refractivity contribution in [1.29, 1.82) is 0 Å².